The highest BCUT2D eigenvalue weighted by Gasteiger charge is 2.25. The van der Waals surface area contributed by atoms with Crippen molar-refractivity contribution in [3.8, 4) is 0 Å². The van der Waals surface area contributed by atoms with E-state index in [4.69, 9.17) is 4.52 Å². The topological polar surface area (TPSA) is 63.6 Å². The number of carbonyl (C=O) groups is 1. The van der Waals surface area contributed by atoms with E-state index in [1.54, 1.807) is 31.2 Å². The summed E-state index contributed by atoms with van der Waals surface area (Å²) in [6.45, 7) is 4.91. The summed E-state index contributed by atoms with van der Waals surface area (Å²) in [6, 6.07) is 14.4. The Bertz CT molecular complexity index is 703. The average Bonchev–Trinajstić information content (AvgIpc) is 2.53. The van der Waals surface area contributed by atoms with Gasteiger partial charge in [-0.3, -0.25) is 4.79 Å². The minimum absolute atomic E-state index is 0.209. The summed E-state index contributed by atoms with van der Waals surface area (Å²) < 4.78 is 15.7. The van der Waals surface area contributed by atoms with Gasteiger partial charge in [-0.15, -0.1) is 4.52 Å². The second kappa shape index (κ2) is 7.14. The molecule has 0 aliphatic carbocycles. The first-order valence-electron chi connectivity index (χ1n) is 7.28. The van der Waals surface area contributed by atoms with Crippen molar-refractivity contribution >= 4 is 13.8 Å². The Morgan fingerprint density at radius 2 is 1.57 bits per heavy atom. The second-order valence-electron chi connectivity index (χ2n) is 5.65. The molecule has 0 radical (unpaired) electrons. The molecule has 0 aliphatic rings. The standard InChI is InChI=1S/C18H20O4P/c1-13-4-8-15(9-5-13)18(2,20)16-10-6-14(7-11-16)17(19)12-22-23(3)21/h4-11,20H,12H2,1-3H3/q+1. The lowest BCUT2D eigenvalue weighted by Gasteiger charge is -2.25. The monoisotopic (exact) mass is 331 g/mol. The van der Waals surface area contributed by atoms with Crippen LogP contribution in [0.5, 0.6) is 0 Å². The maximum absolute atomic E-state index is 11.9. The van der Waals surface area contributed by atoms with Crippen LogP contribution < -0.4 is 0 Å². The molecule has 2 unspecified atom stereocenters. The zero-order valence-electron chi connectivity index (χ0n) is 13.4. The van der Waals surface area contributed by atoms with E-state index in [-0.39, 0.29) is 12.4 Å². The third-order valence-corrected chi connectivity index (χ3v) is 4.25. The second-order valence-corrected chi connectivity index (χ2v) is 6.79. The van der Waals surface area contributed by atoms with Crippen LogP contribution in [0, 0.1) is 6.92 Å². The first-order chi connectivity index (χ1) is 10.8. The molecule has 0 spiro atoms. The summed E-state index contributed by atoms with van der Waals surface area (Å²) in [6.07, 6.45) is 0. The number of ketones is 1. The van der Waals surface area contributed by atoms with Crippen LogP contribution >= 0.6 is 8.03 Å². The number of aliphatic hydroxyl groups is 1. The lowest BCUT2D eigenvalue weighted by Crippen LogP contribution is -2.22. The van der Waals surface area contributed by atoms with Gasteiger partial charge in [0.1, 0.15) is 5.60 Å². The molecule has 0 aliphatic heterocycles. The van der Waals surface area contributed by atoms with E-state index in [0.717, 1.165) is 11.1 Å². The van der Waals surface area contributed by atoms with Crippen LogP contribution in [0.1, 0.15) is 34.0 Å². The maximum atomic E-state index is 11.9. The Morgan fingerprint density at radius 3 is 2.04 bits per heavy atom. The SMILES string of the molecule is Cc1ccc(C(C)(O)c2ccc(C(=O)CO[P+](C)=O)cc2)cc1. The fraction of sp³-hybridized carbons (Fsp3) is 0.278. The number of rotatable bonds is 6. The van der Waals surface area contributed by atoms with Gasteiger partial charge in [0.2, 0.25) is 0 Å². The van der Waals surface area contributed by atoms with E-state index < -0.39 is 13.6 Å². The largest absolute Gasteiger partial charge is 0.505 e. The van der Waals surface area contributed by atoms with Crippen LogP contribution in [0.2, 0.25) is 0 Å². The third kappa shape index (κ3) is 4.32. The van der Waals surface area contributed by atoms with E-state index in [0.29, 0.717) is 11.1 Å². The molecule has 0 heterocycles. The van der Waals surface area contributed by atoms with Gasteiger partial charge in [0, 0.05) is 5.56 Å². The molecule has 2 atom stereocenters. The lowest BCUT2D eigenvalue weighted by atomic mass is 9.87. The molecule has 2 aromatic rings. The fourth-order valence-corrected chi connectivity index (χ4v) is 2.56. The van der Waals surface area contributed by atoms with Crippen molar-refractivity contribution in [3.05, 3.63) is 70.8 Å². The Labute approximate surface area is 137 Å². The molecule has 0 amide bonds. The highest BCUT2D eigenvalue weighted by Crippen LogP contribution is 2.29. The third-order valence-electron chi connectivity index (χ3n) is 3.76. The van der Waals surface area contributed by atoms with Gasteiger partial charge in [-0.2, -0.15) is 0 Å². The smallest absolute Gasteiger partial charge is 0.381 e. The Balaban J connectivity index is 2.19. The maximum Gasteiger partial charge on any atom is 0.505 e. The van der Waals surface area contributed by atoms with Gasteiger partial charge in [0.15, 0.2) is 19.1 Å². The van der Waals surface area contributed by atoms with Crippen molar-refractivity contribution in [1.29, 1.82) is 0 Å². The Hall–Kier alpha value is -1.87. The van der Waals surface area contributed by atoms with E-state index in [9.17, 15) is 14.5 Å². The van der Waals surface area contributed by atoms with Crippen molar-refractivity contribution < 1.29 is 19.0 Å². The minimum atomic E-state index is -1.79. The van der Waals surface area contributed by atoms with Crippen molar-refractivity contribution in [1.82, 2.24) is 0 Å². The molecule has 23 heavy (non-hydrogen) atoms. The average molecular weight is 331 g/mol. The molecular weight excluding hydrogens is 311 g/mol. The summed E-state index contributed by atoms with van der Waals surface area (Å²) in [5.74, 6) is -0.239. The molecular formula is C18H20O4P+. The number of benzene rings is 2. The van der Waals surface area contributed by atoms with E-state index in [1.165, 1.54) is 6.66 Å². The van der Waals surface area contributed by atoms with Gasteiger partial charge in [-0.25, -0.2) is 0 Å². The summed E-state index contributed by atoms with van der Waals surface area (Å²) >= 11 is 0. The van der Waals surface area contributed by atoms with Crippen LogP contribution in [0.25, 0.3) is 0 Å². The molecule has 2 rings (SSSR count). The highest BCUT2D eigenvalue weighted by atomic mass is 31.1. The molecule has 4 nitrogen and oxygen atoms in total. The van der Waals surface area contributed by atoms with Crippen LogP contribution in [-0.2, 0) is 14.7 Å². The highest BCUT2D eigenvalue weighted by molar-refractivity contribution is 7.38. The minimum Gasteiger partial charge on any atom is -0.381 e. The Morgan fingerprint density at radius 1 is 1.09 bits per heavy atom. The van der Waals surface area contributed by atoms with Crippen LogP contribution in [0.3, 0.4) is 0 Å². The predicted octanol–water partition coefficient (Wildman–Crippen LogP) is 3.82. The zero-order chi connectivity index (χ0) is 17.0. The van der Waals surface area contributed by atoms with Gasteiger partial charge in [-0.1, -0.05) is 54.1 Å². The number of Topliss-reactive ketones (excluding diaryl/α,β-unsaturated/α-hetero) is 1. The summed E-state index contributed by atoms with van der Waals surface area (Å²) in [7, 11) is -1.79. The molecule has 0 saturated carbocycles. The van der Waals surface area contributed by atoms with Gasteiger partial charge < -0.3 is 5.11 Å². The van der Waals surface area contributed by atoms with E-state index >= 15 is 0 Å². The first-order valence-corrected chi connectivity index (χ1v) is 8.90. The van der Waals surface area contributed by atoms with Gasteiger partial charge in [-0.05, 0) is 29.5 Å². The molecule has 0 bridgehead atoms. The van der Waals surface area contributed by atoms with Crippen LogP contribution in [0.15, 0.2) is 48.5 Å². The lowest BCUT2D eigenvalue weighted by molar-refractivity contribution is 0.0924. The van der Waals surface area contributed by atoms with Gasteiger partial charge in [0.25, 0.3) is 0 Å². The fourth-order valence-electron chi connectivity index (χ4n) is 2.26. The zero-order valence-corrected chi connectivity index (χ0v) is 14.3. The number of hydrogen-bond donors (Lipinski definition) is 1. The van der Waals surface area contributed by atoms with Gasteiger partial charge >= 0.3 is 8.03 Å². The van der Waals surface area contributed by atoms with Crippen LogP contribution in [0.4, 0.5) is 0 Å². The molecule has 5 heteroatoms. The molecule has 2 aromatic carbocycles. The van der Waals surface area contributed by atoms with Crippen molar-refractivity contribution in [2.24, 2.45) is 0 Å². The molecule has 0 saturated heterocycles. The summed E-state index contributed by atoms with van der Waals surface area (Å²) in [5.41, 5.74) is 1.93. The number of hydrogen-bond acceptors (Lipinski definition) is 4. The molecule has 0 aromatic heterocycles. The Kier molecular flexibility index (Phi) is 5.42. The van der Waals surface area contributed by atoms with Crippen molar-refractivity contribution in [3.63, 3.8) is 0 Å². The predicted molar refractivity (Wildman–Crippen MR) is 90.1 cm³/mol. The summed E-state index contributed by atoms with van der Waals surface area (Å²) in [5, 5.41) is 10.8. The number of carbonyl (C=O) groups excluding carboxylic acids is 1. The quantitative estimate of drug-likeness (QED) is 0.645. The van der Waals surface area contributed by atoms with E-state index in [1.807, 2.05) is 31.2 Å². The molecule has 120 valence electrons. The van der Waals surface area contributed by atoms with Crippen molar-refractivity contribution in [2.45, 2.75) is 19.4 Å². The summed E-state index contributed by atoms with van der Waals surface area (Å²) in [4.78, 5) is 11.9. The van der Waals surface area contributed by atoms with Crippen molar-refractivity contribution in [2.75, 3.05) is 13.3 Å². The molecule has 1 N–H and O–H groups in total. The normalized spacial score (nSPS) is 14.2. The number of aryl methyl sites for hydroxylation is 1. The van der Waals surface area contributed by atoms with E-state index in [2.05, 4.69) is 0 Å². The van der Waals surface area contributed by atoms with Crippen LogP contribution in [-0.4, -0.2) is 24.2 Å². The first kappa shape index (κ1) is 17.5. The van der Waals surface area contributed by atoms with Gasteiger partial charge in [0.05, 0.1) is 0 Å². The molecule has 0 fully saturated rings.